The summed E-state index contributed by atoms with van der Waals surface area (Å²) in [5.41, 5.74) is 2.14. The zero-order valence-corrected chi connectivity index (χ0v) is 17.5. The van der Waals surface area contributed by atoms with Crippen LogP contribution >= 0.6 is 27.5 Å². The van der Waals surface area contributed by atoms with Crippen molar-refractivity contribution in [2.75, 3.05) is 19.7 Å². The fourth-order valence-electron chi connectivity index (χ4n) is 3.69. The highest BCUT2D eigenvalue weighted by molar-refractivity contribution is 9.10. The molecule has 1 unspecified atom stereocenters. The Morgan fingerprint density at radius 1 is 1.30 bits per heavy atom. The number of nitrogens with zero attached hydrogens (tertiary/aromatic N) is 1. The number of carbonyl (C=O) groups is 1. The van der Waals surface area contributed by atoms with Gasteiger partial charge in [0.05, 0.1) is 18.6 Å². The Hall–Kier alpha value is -1.56. The van der Waals surface area contributed by atoms with E-state index in [4.69, 9.17) is 16.3 Å². The van der Waals surface area contributed by atoms with Gasteiger partial charge in [0.15, 0.2) is 0 Å². The molecule has 1 atom stereocenters. The monoisotopic (exact) mass is 451 g/mol. The summed E-state index contributed by atoms with van der Waals surface area (Å²) in [4.78, 5) is 13.7. The molecule has 0 amide bonds. The van der Waals surface area contributed by atoms with E-state index in [1.165, 1.54) is 0 Å². The third-order valence-corrected chi connectivity index (χ3v) is 5.70. The Morgan fingerprint density at radius 2 is 2.04 bits per heavy atom. The average Bonchev–Trinajstić information content (AvgIpc) is 2.65. The van der Waals surface area contributed by atoms with E-state index >= 15 is 0 Å². The maximum Gasteiger partial charge on any atom is 0.306 e. The first-order valence-electron chi connectivity index (χ1n) is 9.14. The van der Waals surface area contributed by atoms with Crippen molar-refractivity contribution in [3.05, 3.63) is 63.1 Å². The maximum atomic E-state index is 11.3. The normalized spacial score (nSPS) is 16.9. The van der Waals surface area contributed by atoms with Gasteiger partial charge in [0, 0.05) is 15.1 Å². The Labute approximate surface area is 173 Å². The Bertz CT molecular complexity index is 806. The van der Waals surface area contributed by atoms with Gasteiger partial charge in [-0.25, -0.2) is 0 Å². The van der Waals surface area contributed by atoms with Gasteiger partial charge in [0.2, 0.25) is 0 Å². The van der Waals surface area contributed by atoms with Gasteiger partial charge < -0.3 is 9.84 Å². The molecule has 0 aromatic heterocycles. The number of carboxylic acid groups (broad SMARTS) is 1. The molecule has 1 N–H and O–H groups in total. The van der Waals surface area contributed by atoms with Gasteiger partial charge in [-0.1, -0.05) is 39.7 Å². The lowest BCUT2D eigenvalue weighted by Gasteiger charge is -2.37. The van der Waals surface area contributed by atoms with Gasteiger partial charge in [-0.2, -0.15) is 0 Å². The zero-order valence-electron chi connectivity index (χ0n) is 15.2. The summed E-state index contributed by atoms with van der Waals surface area (Å²) < 4.78 is 6.88. The SMILES string of the molecule is CCOc1ccc(Br)cc1C(c1cccc(Cl)c1)N1CCC(C(=O)O)CC1. The molecule has 2 aromatic carbocycles. The van der Waals surface area contributed by atoms with Crippen LogP contribution in [-0.2, 0) is 4.79 Å². The minimum Gasteiger partial charge on any atom is -0.494 e. The molecule has 3 rings (SSSR count). The molecular weight excluding hydrogens is 430 g/mol. The van der Waals surface area contributed by atoms with Crippen LogP contribution in [0.2, 0.25) is 5.02 Å². The number of likely N-dealkylation sites (tertiary alicyclic amines) is 1. The third kappa shape index (κ3) is 4.84. The summed E-state index contributed by atoms with van der Waals surface area (Å²) in [6, 6.07) is 13.8. The summed E-state index contributed by atoms with van der Waals surface area (Å²) in [6.07, 6.45) is 1.29. The number of halogens is 2. The van der Waals surface area contributed by atoms with Crippen LogP contribution in [0, 0.1) is 5.92 Å². The third-order valence-electron chi connectivity index (χ3n) is 4.97. The molecule has 0 spiro atoms. The first-order valence-corrected chi connectivity index (χ1v) is 10.3. The van der Waals surface area contributed by atoms with Gasteiger partial charge in [-0.3, -0.25) is 9.69 Å². The number of rotatable bonds is 6. The lowest BCUT2D eigenvalue weighted by molar-refractivity contribution is -0.143. The highest BCUT2D eigenvalue weighted by atomic mass is 79.9. The molecule has 1 aliphatic heterocycles. The second-order valence-corrected chi connectivity index (χ2v) is 8.07. The first kappa shape index (κ1) is 20.2. The van der Waals surface area contributed by atoms with Crippen LogP contribution in [0.1, 0.15) is 36.9 Å². The Balaban J connectivity index is 2.02. The van der Waals surface area contributed by atoms with Crippen molar-refractivity contribution in [3.63, 3.8) is 0 Å². The summed E-state index contributed by atoms with van der Waals surface area (Å²) in [7, 11) is 0. The summed E-state index contributed by atoms with van der Waals surface area (Å²) >= 11 is 9.85. The molecule has 1 aliphatic rings. The smallest absolute Gasteiger partial charge is 0.306 e. The Morgan fingerprint density at radius 3 is 2.67 bits per heavy atom. The highest BCUT2D eigenvalue weighted by Gasteiger charge is 2.31. The lowest BCUT2D eigenvalue weighted by atomic mass is 9.91. The van der Waals surface area contributed by atoms with Gasteiger partial charge in [0.1, 0.15) is 5.75 Å². The zero-order chi connectivity index (χ0) is 19.4. The molecular formula is C21H23BrClNO3. The number of ether oxygens (including phenoxy) is 1. The summed E-state index contributed by atoms with van der Waals surface area (Å²) in [6.45, 7) is 3.98. The number of aliphatic carboxylic acids is 1. The second-order valence-electron chi connectivity index (χ2n) is 6.72. The minimum absolute atomic E-state index is 0.0440. The van der Waals surface area contributed by atoms with Gasteiger partial charge in [0.25, 0.3) is 0 Å². The van der Waals surface area contributed by atoms with Crippen molar-refractivity contribution in [1.29, 1.82) is 0 Å². The predicted molar refractivity (Wildman–Crippen MR) is 111 cm³/mol. The van der Waals surface area contributed by atoms with Crippen LogP contribution in [-0.4, -0.2) is 35.7 Å². The van der Waals surface area contributed by atoms with Crippen LogP contribution in [0.4, 0.5) is 0 Å². The molecule has 0 aliphatic carbocycles. The molecule has 2 aromatic rings. The van der Waals surface area contributed by atoms with Gasteiger partial charge in [-0.15, -0.1) is 0 Å². The molecule has 144 valence electrons. The first-order chi connectivity index (χ1) is 13.0. The number of hydrogen-bond donors (Lipinski definition) is 1. The maximum absolute atomic E-state index is 11.3. The fourth-order valence-corrected chi connectivity index (χ4v) is 4.27. The van der Waals surface area contributed by atoms with Crippen LogP contribution in [0.25, 0.3) is 0 Å². The number of piperidine rings is 1. The van der Waals surface area contributed by atoms with Crippen molar-refractivity contribution in [1.82, 2.24) is 4.90 Å². The van der Waals surface area contributed by atoms with Crippen LogP contribution in [0.5, 0.6) is 5.75 Å². The van der Waals surface area contributed by atoms with Crippen LogP contribution in [0.15, 0.2) is 46.9 Å². The molecule has 1 heterocycles. The number of hydrogen-bond acceptors (Lipinski definition) is 3. The molecule has 1 saturated heterocycles. The molecule has 4 nitrogen and oxygen atoms in total. The van der Waals surface area contributed by atoms with Crippen LogP contribution < -0.4 is 4.74 Å². The van der Waals surface area contributed by atoms with Gasteiger partial charge >= 0.3 is 5.97 Å². The van der Waals surface area contributed by atoms with E-state index in [1.807, 2.05) is 37.3 Å². The number of carboxylic acids is 1. The fraction of sp³-hybridized carbons (Fsp3) is 0.381. The highest BCUT2D eigenvalue weighted by Crippen LogP contribution is 2.39. The number of benzene rings is 2. The van der Waals surface area contributed by atoms with Crippen molar-refractivity contribution in [2.24, 2.45) is 5.92 Å². The molecule has 0 saturated carbocycles. The molecule has 1 fully saturated rings. The average molecular weight is 453 g/mol. The van der Waals surface area contributed by atoms with E-state index in [0.29, 0.717) is 37.6 Å². The summed E-state index contributed by atoms with van der Waals surface area (Å²) in [5, 5.41) is 10.0. The Kier molecular flexibility index (Phi) is 6.79. The van der Waals surface area contributed by atoms with Crippen molar-refractivity contribution >= 4 is 33.5 Å². The van der Waals surface area contributed by atoms with Crippen molar-refractivity contribution < 1.29 is 14.6 Å². The second kappa shape index (κ2) is 9.09. The minimum atomic E-state index is -0.702. The predicted octanol–water partition coefficient (Wildman–Crippen LogP) is 5.39. The van der Waals surface area contributed by atoms with Crippen molar-refractivity contribution in [2.45, 2.75) is 25.8 Å². The largest absolute Gasteiger partial charge is 0.494 e. The topological polar surface area (TPSA) is 49.8 Å². The lowest BCUT2D eigenvalue weighted by Crippen LogP contribution is -2.39. The van der Waals surface area contributed by atoms with E-state index in [9.17, 15) is 9.90 Å². The molecule has 0 radical (unpaired) electrons. The van der Waals surface area contributed by atoms with Crippen molar-refractivity contribution in [3.8, 4) is 5.75 Å². The van der Waals surface area contributed by atoms with E-state index in [-0.39, 0.29) is 12.0 Å². The van der Waals surface area contributed by atoms with E-state index in [2.05, 4.69) is 33.0 Å². The summed E-state index contributed by atoms with van der Waals surface area (Å²) in [5.74, 6) is -0.132. The quantitative estimate of drug-likeness (QED) is 0.638. The standard InChI is InChI=1S/C21H23BrClNO3/c1-2-27-19-7-6-16(22)13-18(19)20(15-4-3-5-17(23)12-15)24-10-8-14(9-11-24)21(25)26/h3-7,12-14,20H,2,8-11H2,1H3,(H,25,26). The molecule has 27 heavy (non-hydrogen) atoms. The van der Waals surface area contributed by atoms with Gasteiger partial charge in [-0.05, 0) is 68.8 Å². The van der Waals surface area contributed by atoms with E-state index in [0.717, 1.165) is 21.3 Å². The molecule has 0 bridgehead atoms. The molecule has 6 heteroatoms. The van der Waals surface area contributed by atoms with E-state index in [1.54, 1.807) is 0 Å². The van der Waals surface area contributed by atoms with E-state index < -0.39 is 5.97 Å². The van der Waals surface area contributed by atoms with Crippen LogP contribution in [0.3, 0.4) is 0 Å².